The van der Waals surface area contributed by atoms with Gasteiger partial charge in [0.15, 0.2) is 6.10 Å². The zero-order valence-electron chi connectivity index (χ0n) is 52.7. The molecular weight excluding hydrogens is 961 g/mol. The van der Waals surface area contributed by atoms with E-state index in [-0.39, 0.29) is 31.1 Å². The van der Waals surface area contributed by atoms with E-state index in [0.717, 1.165) is 64.2 Å². The molecule has 1 atom stereocenters. The molecule has 0 aliphatic carbocycles. The molecule has 0 fully saturated rings. The SMILES string of the molecule is CCCCC/C=C\C/C=C\CCCCCCCCCCCC(=O)OC(COC(=O)CCCCCCCCCCCCCCCC)COC(=O)CCCCCCCCCCCCCCCCC/C=C\CCCCCCCCCC. The average molecular weight is 1100 g/mol. The maximum atomic E-state index is 12.9. The predicted octanol–water partition coefficient (Wildman–Crippen LogP) is 23.9. The second-order valence-corrected chi connectivity index (χ2v) is 23.8. The molecule has 0 rings (SSSR count). The Kier molecular flexibility index (Phi) is 65.1. The first-order valence-electron chi connectivity index (χ1n) is 35.0. The van der Waals surface area contributed by atoms with Crippen molar-refractivity contribution >= 4 is 17.9 Å². The highest BCUT2D eigenvalue weighted by Crippen LogP contribution is 2.18. The van der Waals surface area contributed by atoms with Gasteiger partial charge in [-0.2, -0.15) is 0 Å². The van der Waals surface area contributed by atoms with Gasteiger partial charge >= 0.3 is 17.9 Å². The standard InChI is InChI=1S/C72H134O6/c1-4-7-10-13-16-19-22-25-28-30-32-33-34-35-36-37-38-39-41-42-44-47-50-53-56-59-62-65-71(74)77-68-69(67-76-70(73)64-61-58-55-52-49-46-27-24-21-18-15-12-9-6-3)78-72(75)66-63-60-57-54-51-48-45-43-40-31-29-26-23-20-17-14-11-8-5-2/h17,20,26,29-30,32,69H,4-16,18-19,21-25,27-28,31,33-68H2,1-3H3/b20-17-,29-26-,32-30-. The Bertz CT molecular complexity index is 1300. The molecule has 0 spiro atoms. The molecule has 0 N–H and O–H groups in total. The molecule has 0 bridgehead atoms. The summed E-state index contributed by atoms with van der Waals surface area (Å²) in [7, 11) is 0. The molecule has 78 heavy (non-hydrogen) atoms. The second-order valence-electron chi connectivity index (χ2n) is 23.8. The van der Waals surface area contributed by atoms with Crippen LogP contribution in [-0.4, -0.2) is 37.2 Å². The van der Waals surface area contributed by atoms with Crippen LogP contribution in [0.15, 0.2) is 36.5 Å². The van der Waals surface area contributed by atoms with Crippen molar-refractivity contribution in [3.05, 3.63) is 36.5 Å². The van der Waals surface area contributed by atoms with Crippen LogP contribution in [0.4, 0.5) is 0 Å². The number of hydrogen-bond acceptors (Lipinski definition) is 6. The molecule has 0 saturated heterocycles. The smallest absolute Gasteiger partial charge is 0.306 e. The normalized spacial score (nSPS) is 12.2. The Balaban J connectivity index is 4.23. The number of rotatable bonds is 65. The van der Waals surface area contributed by atoms with Gasteiger partial charge in [0.2, 0.25) is 0 Å². The molecule has 6 heteroatoms. The highest BCUT2D eigenvalue weighted by Gasteiger charge is 2.19. The molecule has 0 aromatic rings. The third-order valence-electron chi connectivity index (χ3n) is 15.9. The van der Waals surface area contributed by atoms with Gasteiger partial charge in [0.05, 0.1) is 0 Å². The van der Waals surface area contributed by atoms with E-state index in [1.807, 2.05) is 0 Å². The van der Waals surface area contributed by atoms with Gasteiger partial charge in [-0.05, 0) is 77.0 Å². The number of ether oxygens (including phenoxy) is 3. The lowest BCUT2D eigenvalue weighted by Crippen LogP contribution is -2.30. The van der Waals surface area contributed by atoms with Gasteiger partial charge in [0, 0.05) is 19.3 Å². The fourth-order valence-electron chi connectivity index (χ4n) is 10.6. The van der Waals surface area contributed by atoms with Gasteiger partial charge in [0.1, 0.15) is 13.2 Å². The number of unbranched alkanes of at least 4 members (excludes halogenated alkanes) is 48. The van der Waals surface area contributed by atoms with Crippen molar-refractivity contribution < 1.29 is 28.6 Å². The molecule has 0 amide bonds. The molecule has 0 aromatic heterocycles. The van der Waals surface area contributed by atoms with E-state index in [4.69, 9.17) is 14.2 Å². The summed E-state index contributed by atoms with van der Waals surface area (Å²) in [5.41, 5.74) is 0. The van der Waals surface area contributed by atoms with Gasteiger partial charge in [-0.25, -0.2) is 0 Å². The fraction of sp³-hybridized carbons (Fsp3) is 0.875. The third kappa shape index (κ3) is 64.5. The summed E-state index contributed by atoms with van der Waals surface area (Å²) in [6.45, 7) is 6.68. The van der Waals surface area contributed by atoms with Crippen LogP contribution in [0, 0.1) is 0 Å². The van der Waals surface area contributed by atoms with Crippen LogP contribution in [0.25, 0.3) is 0 Å². The van der Waals surface area contributed by atoms with Crippen molar-refractivity contribution in [3.8, 4) is 0 Å². The van der Waals surface area contributed by atoms with Crippen molar-refractivity contribution in [2.45, 2.75) is 393 Å². The van der Waals surface area contributed by atoms with Gasteiger partial charge in [0.25, 0.3) is 0 Å². The van der Waals surface area contributed by atoms with E-state index in [0.29, 0.717) is 19.3 Å². The highest BCUT2D eigenvalue weighted by molar-refractivity contribution is 5.71. The van der Waals surface area contributed by atoms with Crippen LogP contribution >= 0.6 is 0 Å². The maximum absolute atomic E-state index is 12.9. The summed E-state index contributed by atoms with van der Waals surface area (Å²) in [5, 5.41) is 0. The van der Waals surface area contributed by atoms with Gasteiger partial charge in [-0.15, -0.1) is 0 Å². The lowest BCUT2D eigenvalue weighted by atomic mass is 10.0. The van der Waals surface area contributed by atoms with Crippen LogP contribution in [0.1, 0.15) is 387 Å². The summed E-state index contributed by atoms with van der Waals surface area (Å²) >= 11 is 0. The lowest BCUT2D eigenvalue weighted by molar-refractivity contribution is -0.167. The summed E-state index contributed by atoms with van der Waals surface area (Å²) in [4.78, 5) is 38.4. The molecule has 0 heterocycles. The van der Waals surface area contributed by atoms with Crippen LogP contribution in [0.3, 0.4) is 0 Å². The van der Waals surface area contributed by atoms with Gasteiger partial charge in [-0.3, -0.25) is 14.4 Å². The summed E-state index contributed by atoms with van der Waals surface area (Å²) in [6, 6.07) is 0. The third-order valence-corrected chi connectivity index (χ3v) is 15.9. The first-order chi connectivity index (χ1) is 38.5. The maximum Gasteiger partial charge on any atom is 0.306 e. The minimum absolute atomic E-state index is 0.0684. The van der Waals surface area contributed by atoms with Crippen molar-refractivity contribution in [3.63, 3.8) is 0 Å². The van der Waals surface area contributed by atoms with E-state index in [1.165, 1.54) is 283 Å². The van der Waals surface area contributed by atoms with E-state index in [9.17, 15) is 14.4 Å². The molecular formula is C72H134O6. The molecule has 458 valence electrons. The molecule has 1 unspecified atom stereocenters. The molecule has 0 aliphatic rings. The van der Waals surface area contributed by atoms with Crippen molar-refractivity contribution in [1.29, 1.82) is 0 Å². The van der Waals surface area contributed by atoms with Crippen LogP contribution in [0.2, 0.25) is 0 Å². The van der Waals surface area contributed by atoms with Crippen molar-refractivity contribution in [2.24, 2.45) is 0 Å². The summed E-state index contributed by atoms with van der Waals surface area (Å²) < 4.78 is 17.0. The fourth-order valence-corrected chi connectivity index (χ4v) is 10.6. The lowest BCUT2D eigenvalue weighted by Gasteiger charge is -2.18. The number of carbonyl (C=O) groups excluding carboxylic acids is 3. The average Bonchev–Trinajstić information content (AvgIpc) is 3.44. The molecule has 0 radical (unpaired) electrons. The quantitative estimate of drug-likeness (QED) is 0.0261. The molecule has 6 nitrogen and oxygen atoms in total. The molecule has 0 saturated carbocycles. The Morgan fingerprint density at radius 1 is 0.256 bits per heavy atom. The molecule has 0 aromatic carbocycles. The van der Waals surface area contributed by atoms with Crippen LogP contribution < -0.4 is 0 Å². The summed E-state index contributed by atoms with van der Waals surface area (Å²) in [5.74, 6) is -0.844. The zero-order chi connectivity index (χ0) is 56.4. The zero-order valence-corrected chi connectivity index (χ0v) is 52.7. The minimum atomic E-state index is -0.772. The summed E-state index contributed by atoms with van der Waals surface area (Å²) in [6.07, 6.45) is 83.1. The second kappa shape index (κ2) is 67.1. The first kappa shape index (κ1) is 75.6. The van der Waals surface area contributed by atoms with Crippen molar-refractivity contribution in [2.75, 3.05) is 13.2 Å². The highest BCUT2D eigenvalue weighted by atomic mass is 16.6. The van der Waals surface area contributed by atoms with E-state index < -0.39 is 6.10 Å². The number of allylic oxidation sites excluding steroid dienone is 6. The predicted molar refractivity (Wildman–Crippen MR) is 339 cm³/mol. The number of hydrogen-bond donors (Lipinski definition) is 0. The Morgan fingerprint density at radius 2 is 0.462 bits per heavy atom. The van der Waals surface area contributed by atoms with Crippen LogP contribution in [-0.2, 0) is 28.6 Å². The largest absolute Gasteiger partial charge is 0.462 e. The Hall–Kier alpha value is -2.37. The monoisotopic (exact) mass is 1100 g/mol. The minimum Gasteiger partial charge on any atom is -0.462 e. The van der Waals surface area contributed by atoms with Gasteiger partial charge < -0.3 is 14.2 Å². The first-order valence-corrected chi connectivity index (χ1v) is 35.0. The Labute approximate surface area is 486 Å². The Morgan fingerprint density at radius 3 is 0.744 bits per heavy atom. The van der Waals surface area contributed by atoms with Crippen molar-refractivity contribution in [1.82, 2.24) is 0 Å². The number of esters is 3. The topological polar surface area (TPSA) is 78.9 Å². The molecule has 0 aliphatic heterocycles. The van der Waals surface area contributed by atoms with Gasteiger partial charge in [-0.1, -0.05) is 327 Å². The number of carbonyl (C=O) groups is 3. The van der Waals surface area contributed by atoms with E-state index >= 15 is 0 Å². The van der Waals surface area contributed by atoms with E-state index in [2.05, 4.69) is 57.2 Å². The van der Waals surface area contributed by atoms with Crippen LogP contribution in [0.5, 0.6) is 0 Å². The van der Waals surface area contributed by atoms with E-state index in [1.54, 1.807) is 0 Å².